The molecule has 53 valence electrons. The Balaban J connectivity index is 2.59. The van der Waals surface area contributed by atoms with Crippen molar-refractivity contribution in [3.05, 3.63) is 37.1 Å². The summed E-state index contributed by atoms with van der Waals surface area (Å²) in [7, 11) is 5.68. The van der Waals surface area contributed by atoms with Gasteiger partial charge in [-0.3, -0.25) is 4.98 Å². The molecule has 0 spiro atoms. The molecule has 10 heavy (non-hydrogen) atoms. The molecule has 0 aromatic carbocycles. The molecule has 2 nitrogen and oxygen atoms in total. The van der Waals surface area contributed by atoms with Crippen molar-refractivity contribution < 1.29 is 0 Å². The molecular formula is C8H11N2. The Kier molecular flexibility index (Phi) is 2.40. The maximum Gasteiger partial charge on any atom is 0.0312 e. The molecule has 1 radical (unpaired) electrons. The first-order chi connectivity index (χ1) is 4.79. The second-order valence-electron chi connectivity index (χ2n) is 2.38. The molecule has 0 saturated heterocycles. The maximum atomic E-state index is 3.98. The fraction of sp³-hybridized carbons (Fsp3) is 0.250. The molecule has 0 aliphatic heterocycles. The molecular weight excluding hydrogens is 124 g/mol. The largest absolute Gasteiger partial charge is 0.301 e. The van der Waals surface area contributed by atoms with Gasteiger partial charge in [-0.15, -0.1) is 0 Å². The first-order valence-electron chi connectivity index (χ1n) is 3.19. The smallest absolute Gasteiger partial charge is 0.0312 e. The molecule has 0 fully saturated rings. The molecule has 1 aromatic rings. The molecule has 0 aliphatic rings. The number of pyridine rings is 1. The van der Waals surface area contributed by atoms with Crippen LogP contribution in [-0.4, -0.2) is 16.9 Å². The first-order valence-corrected chi connectivity index (χ1v) is 3.19. The van der Waals surface area contributed by atoms with Gasteiger partial charge in [0, 0.05) is 26.0 Å². The van der Waals surface area contributed by atoms with Crippen LogP contribution in [0.25, 0.3) is 0 Å². The Bertz CT molecular complexity index is 182. The van der Waals surface area contributed by atoms with E-state index in [1.165, 1.54) is 5.56 Å². The fourth-order valence-corrected chi connectivity index (χ4v) is 0.803. The van der Waals surface area contributed by atoms with Gasteiger partial charge >= 0.3 is 0 Å². The summed E-state index contributed by atoms with van der Waals surface area (Å²) >= 11 is 0. The van der Waals surface area contributed by atoms with Crippen molar-refractivity contribution in [3.63, 3.8) is 0 Å². The molecule has 0 amide bonds. The zero-order valence-electron chi connectivity index (χ0n) is 6.12. The highest BCUT2D eigenvalue weighted by Gasteiger charge is 1.91. The topological polar surface area (TPSA) is 16.1 Å². The molecule has 0 aliphatic carbocycles. The van der Waals surface area contributed by atoms with Crippen molar-refractivity contribution in [2.75, 3.05) is 7.05 Å². The summed E-state index contributed by atoms with van der Waals surface area (Å²) in [6.45, 7) is 0.855. The SMILES string of the molecule is [CH2]N(C)Cc1cccnc1. The highest BCUT2D eigenvalue weighted by molar-refractivity contribution is 5.07. The summed E-state index contributed by atoms with van der Waals surface area (Å²) < 4.78 is 0. The number of aromatic nitrogens is 1. The lowest BCUT2D eigenvalue weighted by Crippen LogP contribution is -2.07. The van der Waals surface area contributed by atoms with E-state index in [0.717, 1.165) is 6.54 Å². The van der Waals surface area contributed by atoms with Crippen molar-refractivity contribution in [1.29, 1.82) is 0 Å². The van der Waals surface area contributed by atoms with Gasteiger partial charge < -0.3 is 4.90 Å². The third kappa shape index (κ3) is 2.15. The predicted octanol–water partition coefficient (Wildman–Crippen LogP) is 1.30. The number of hydrogen-bond acceptors (Lipinski definition) is 2. The lowest BCUT2D eigenvalue weighted by Gasteiger charge is -2.07. The number of rotatable bonds is 2. The van der Waals surface area contributed by atoms with Crippen LogP contribution in [0.15, 0.2) is 24.5 Å². The highest BCUT2D eigenvalue weighted by Crippen LogP contribution is 1.97. The molecule has 1 heterocycles. The second-order valence-corrected chi connectivity index (χ2v) is 2.38. The summed E-state index contributed by atoms with van der Waals surface area (Å²) in [5, 5.41) is 0. The summed E-state index contributed by atoms with van der Waals surface area (Å²) in [6.07, 6.45) is 3.62. The average molecular weight is 135 g/mol. The van der Waals surface area contributed by atoms with Gasteiger partial charge in [0.2, 0.25) is 0 Å². The van der Waals surface area contributed by atoms with Crippen LogP contribution in [0.2, 0.25) is 0 Å². The Labute approximate surface area is 61.5 Å². The van der Waals surface area contributed by atoms with Crippen molar-refractivity contribution >= 4 is 0 Å². The van der Waals surface area contributed by atoms with Crippen LogP contribution in [0, 0.1) is 7.05 Å². The normalized spacial score (nSPS) is 10.3. The minimum absolute atomic E-state index is 0.855. The van der Waals surface area contributed by atoms with Gasteiger partial charge in [-0.25, -0.2) is 0 Å². The van der Waals surface area contributed by atoms with Crippen molar-refractivity contribution in [1.82, 2.24) is 9.88 Å². The fourth-order valence-electron chi connectivity index (χ4n) is 0.803. The minimum Gasteiger partial charge on any atom is -0.301 e. The Morgan fingerprint density at radius 2 is 2.50 bits per heavy atom. The minimum atomic E-state index is 0.855. The lowest BCUT2D eigenvalue weighted by molar-refractivity contribution is 0.444. The third-order valence-electron chi connectivity index (χ3n) is 1.18. The lowest BCUT2D eigenvalue weighted by atomic mass is 10.3. The van der Waals surface area contributed by atoms with E-state index < -0.39 is 0 Å². The van der Waals surface area contributed by atoms with Gasteiger partial charge in [0.1, 0.15) is 0 Å². The summed E-state index contributed by atoms with van der Waals surface area (Å²) in [5.74, 6) is 0. The van der Waals surface area contributed by atoms with Crippen LogP contribution in [0.3, 0.4) is 0 Å². The van der Waals surface area contributed by atoms with Gasteiger partial charge in [0.15, 0.2) is 0 Å². The van der Waals surface area contributed by atoms with Crippen molar-refractivity contribution in [2.24, 2.45) is 0 Å². The van der Waals surface area contributed by atoms with E-state index in [4.69, 9.17) is 0 Å². The van der Waals surface area contributed by atoms with E-state index >= 15 is 0 Å². The third-order valence-corrected chi connectivity index (χ3v) is 1.18. The van der Waals surface area contributed by atoms with Crippen LogP contribution >= 0.6 is 0 Å². The zero-order valence-corrected chi connectivity index (χ0v) is 6.12. The standard InChI is InChI=1S/C8H11N2/c1-10(2)7-8-4-3-5-9-6-8/h3-6H,1,7H2,2H3. The van der Waals surface area contributed by atoms with E-state index in [9.17, 15) is 0 Å². The van der Waals surface area contributed by atoms with E-state index in [0.29, 0.717) is 0 Å². The molecule has 0 unspecified atom stereocenters. The van der Waals surface area contributed by atoms with Crippen molar-refractivity contribution in [2.45, 2.75) is 6.54 Å². The number of hydrogen-bond donors (Lipinski definition) is 0. The summed E-state index contributed by atoms with van der Waals surface area (Å²) in [6, 6.07) is 3.97. The predicted molar refractivity (Wildman–Crippen MR) is 41.1 cm³/mol. The molecule has 0 saturated carbocycles. The van der Waals surface area contributed by atoms with Crippen LogP contribution in [-0.2, 0) is 6.54 Å². The molecule has 0 bridgehead atoms. The Morgan fingerprint density at radius 1 is 1.70 bits per heavy atom. The van der Waals surface area contributed by atoms with Gasteiger partial charge in [-0.1, -0.05) is 6.07 Å². The number of nitrogens with zero attached hydrogens (tertiary/aromatic N) is 2. The Morgan fingerprint density at radius 3 is 3.00 bits per heavy atom. The second kappa shape index (κ2) is 3.32. The van der Waals surface area contributed by atoms with Crippen LogP contribution in [0.4, 0.5) is 0 Å². The van der Waals surface area contributed by atoms with Crippen LogP contribution in [0.5, 0.6) is 0 Å². The van der Waals surface area contributed by atoms with E-state index in [1.807, 2.05) is 30.3 Å². The van der Waals surface area contributed by atoms with Crippen LogP contribution in [0.1, 0.15) is 5.56 Å². The summed E-state index contributed by atoms with van der Waals surface area (Å²) in [5.41, 5.74) is 1.19. The average Bonchev–Trinajstić information content (AvgIpc) is 1.88. The van der Waals surface area contributed by atoms with E-state index in [1.54, 1.807) is 6.20 Å². The monoisotopic (exact) mass is 135 g/mol. The van der Waals surface area contributed by atoms with E-state index in [-0.39, 0.29) is 0 Å². The highest BCUT2D eigenvalue weighted by atomic mass is 15.0. The molecule has 2 heteroatoms. The summed E-state index contributed by atoms with van der Waals surface area (Å²) in [4.78, 5) is 5.86. The molecule has 1 aromatic heterocycles. The van der Waals surface area contributed by atoms with Gasteiger partial charge in [-0.05, 0) is 18.7 Å². The quantitative estimate of drug-likeness (QED) is 0.607. The van der Waals surface area contributed by atoms with Crippen molar-refractivity contribution in [3.8, 4) is 0 Å². The zero-order chi connectivity index (χ0) is 7.40. The van der Waals surface area contributed by atoms with Gasteiger partial charge in [0.05, 0.1) is 0 Å². The first kappa shape index (κ1) is 7.22. The molecule has 0 N–H and O–H groups in total. The Hall–Kier alpha value is -0.890. The molecule has 1 rings (SSSR count). The van der Waals surface area contributed by atoms with Crippen LogP contribution < -0.4 is 0 Å². The van der Waals surface area contributed by atoms with Gasteiger partial charge in [0.25, 0.3) is 0 Å². The van der Waals surface area contributed by atoms with E-state index in [2.05, 4.69) is 12.0 Å². The van der Waals surface area contributed by atoms with Gasteiger partial charge in [-0.2, -0.15) is 0 Å². The molecule has 0 atom stereocenters. The maximum absolute atomic E-state index is 3.98.